The summed E-state index contributed by atoms with van der Waals surface area (Å²) in [7, 11) is 0. The van der Waals surface area contributed by atoms with Crippen LogP contribution in [-0.2, 0) is 22.4 Å². The average Bonchev–Trinajstić information content (AvgIpc) is 3.14. The van der Waals surface area contributed by atoms with Crippen LogP contribution < -0.4 is 5.84 Å². The van der Waals surface area contributed by atoms with Gasteiger partial charge < -0.3 is 10.2 Å². The number of hydrazine groups is 1. The summed E-state index contributed by atoms with van der Waals surface area (Å²) in [5.41, 5.74) is 6.39. The predicted molar refractivity (Wildman–Crippen MR) is 192 cm³/mol. The molecule has 4 N–H and O–H groups in total. The average molecular weight is 657 g/mol. The number of nitrogens with two attached hydrogens (primary N) is 1. The maximum absolute atomic E-state index is 13.3. The third-order valence-electron chi connectivity index (χ3n) is 12.4. The lowest BCUT2D eigenvalue weighted by Gasteiger charge is -2.28. The number of carbonyl (C=O) groups is 2. The van der Waals surface area contributed by atoms with E-state index in [2.05, 4.69) is 24.3 Å². The zero-order valence-corrected chi connectivity index (χ0v) is 29.3. The molecule has 6 heteroatoms. The molecule has 0 heterocycles. The van der Waals surface area contributed by atoms with Crippen LogP contribution in [0, 0.1) is 0 Å². The highest BCUT2D eigenvalue weighted by atomic mass is 16.3. The third-order valence-corrected chi connectivity index (χ3v) is 12.4. The van der Waals surface area contributed by atoms with E-state index in [9.17, 15) is 19.8 Å². The Morgan fingerprint density at radius 1 is 0.500 bits per heavy atom. The molecule has 0 atom stereocenters. The summed E-state index contributed by atoms with van der Waals surface area (Å²) in [6.07, 6.45) is 24.8. The van der Waals surface area contributed by atoms with E-state index in [0.717, 1.165) is 89.8 Å². The summed E-state index contributed by atoms with van der Waals surface area (Å²) in [5, 5.41) is 23.7. The van der Waals surface area contributed by atoms with Gasteiger partial charge in [0, 0.05) is 12.8 Å². The van der Waals surface area contributed by atoms with Crippen LogP contribution >= 0.6 is 0 Å². The summed E-state index contributed by atoms with van der Waals surface area (Å²) in [6, 6.07) is 8.52. The second kappa shape index (κ2) is 16.7. The minimum atomic E-state index is -0.358. The predicted octanol–water partition coefficient (Wildman–Crippen LogP) is 10.1. The standard InChI is InChI=1S/C42H60N2O4/c43-44(39(45)23-21-29-25-35(31-13-5-1-6-14-31)41(47)36(26-29)32-15-7-2-8-16-32)40(46)24-22-30-27-37(33-17-9-3-10-18-33)42(48)38(28-30)34-19-11-4-12-20-34/h25-28,31-34,47-48H,1-24,43H2. The molecule has 2 amide bonds. The molecule has 4 aliphatic rings. The van der Waals surface area contributed by atoms with Gasteiger partial charge in [0.2, 0.25) is 11.8 Å². The van der Waals surface area contributed by atoms with E-state index < -0.39 is 0 Å². The Bertz CT molecular complexity index is 1210. The summed E-state index contributed by atoms with van der Waals surface area (Å²) in [6.45, 7) is 0. The molecule has 0 bridgehead atoms. The van der Waals surface area contributed by atoms with Crippen LogP contribution in [0.25, 0.3) is 0 Å². The van der Waals surface area contributed by atoms with E-state index in [1.54, 1.807) is 0 Å². The Morgan fingerprint density at radius 3 is 1.00 bits per heavy atom. The summed E-state index contributed by atoms with van der Waals surface area (Å²) < 4.78 is 0. The molecule has 262 valence electrons. The van der Waals surface area contributed by atoms with Crippen molar-refractivity contribution in [3.05, 3.63) is 57.6 Å². The lowest BCUT2D eigenvalue weighted by atomic mass is 9.78. The van der Waals surface area contributed by atoms with Crippen molar-refractivity contribution in [2.75, 3.05) is 0 Å². The van der Waals surface area contributed by atoms with Gasteiger partial charge in [-0.1, -0.05) is 101 Å². The Labute approximate surface area is 288 Å². The monoisotopic (exact) mass is 656 g/mol. The van der Waals surface area contributed by atoms with E-state index in [4.69, 9.17) is 5.84 Å². The van der Waals surface area contributed by atoms with Gasteiger partial charge in [0.1, 0.15) is 11.5 Å². The number of carbonyl (C=O) groups excluding carboxylic acids is 2. The van der Waals surface area contributed by atoms with Crippen molar-refractivity contribution in [3.63, 3.8) is 0 Å². The van der Waals surface area contributed by atoms with E-state index in [1.165, 1.54) is 77.0 Å². The van der Waals surface area contributed by atoms with Crippen molar-refractivity contribution >= 4 is 11.8 Å². The maximum atomic E-state index is 13.3. The first-order valence-corrected chi connectivity index (χ1v) is 19.7. The topological polar surface area (TPSA) is 104 Å². The van der Waals surface area contributed by atoms with Gasteiger partial charge in [-0.05, 0) is 121 Å². The second-order valence-electron chi connectivity index (χ2n) is 15.7. The molecule has 0 saturated heterocycles. The van der Waals surface area contributed by atoms with E-state index in [1.807, 2.05) is 0 Å². The highest BCUT2D eigenvalue weighted by molar-refractivity contribution is 5.94. The molecule has 4 aliphatic carbocycles. The lowest BCUT2D eigenvalue weighted by molar-refractivity contribution is -0.145. The zero-order chi connectivity index (χ0) is 33.5. The van der Waals surface area contributed by atoms with Gasteiger partial charge in [0.15, 0.2) is 0 Å². The molecule has 0 aromatic heterocycles. The SMILES string of the molecule is NN(C(=O)CCc1cc(C2CCCCC2)c(O)c(C2CCCCC2)c1)C(=O)CCc1cc(C2CCCCC2)c(O)c(C2CCCCC2)c1. The first kappa shape index (κ1) is 35.0. The Hall–Kier alpha value is -2.86. The third kappa shape index (κ3) is 8.46. The fraction of sp³-hybridized carbons (Fsp3) is 0.667. The molecule has 6 rings (SSSR count). The first-order valence-electron chi connectivity index (χ1n) is 19.7. The number of aryl methyl sites for hydroxylation is 2. The zero-order valence-electron chi connectivity index (χ0n) is 29.3. The molecule has 2 aromatic rings. The van der Waals surface area contributed by atoms with E-state index in [0.29, 0.717) is 48.0 Å². The second-order valence-corrected chi connectivity index (χ2v) is 15.7. The van der Waals surface area contributed by atoms with Crippen LogP contribution in [0.2, 0.25) is 0 Å². The summed E-state index contributed by atoms with van der Waals surface area (Å²) in [5.74, 6) is 7.95. The van der Waals surface area contributed by atoms with Crippen molar-refractivity contribution in [3.8, 4) is 11.5 Å². The molecule has 6 nitrogen and oxygen atoms in total. The maximum Gasteiger partial charge on any atom is 0.243 e. The van der Waals surface area contributed by atoms with Gasteiger partial charge in [-0.25, -0.2) is 10.9 Å². The van der Waals surface area contributed by atoms with Crippen LogP contribution in [-0.4, -0.2) is 27.0 Å². The fourth-order valence-electron chi connectivity index (χ4n) is 9.56. The number of nitrogens with zero attached hydrogens (tertiary/aromatic N) is 1. The van der Waals surface area contributed by atoms with Gasteiger partial charge in [-0.15, -0.1) is 0 Å². The van der Waals surface area contributed by atoms with Gasteiger partial charge in [-0.2, -0.15) is 0 Å². The molecular formula is C42H60N2O4. The Morgan fingerprint density at radius 2 is 0.750 bits per heavy atom. The summed E-state index contributed by atoms with van der Waals surface area (Å²) in [4.78, 5) is 26.5. The Balaban J connectivity index is 1.12. The van der Waals surface area contributed by atoms with Crippen molar-refractivity contribution < 1.29 is 19.8 Å². The molecule has 0 aliphatic heterocycles. The molecule has 0 spiro atoms. The van der Waals surface area contributed by atoms with Crippen molar-refractivity contribution in [2.45, 2.75) is 178 Å². The number of rotatable bonds is 10. The van der Waals surface area contributed by atoms with Crippen LogP contribution in [0.3, 0.4) is 0 Å². The smallest absolute Gasteiger partial charge is 0.243 e. The Kier molecular flexibility index (Phi) is 12.2. The number of phenols is 2. The van der Waals surface area contributed by atoms with Crippen LogP contribution in [0.5, 0.6) is 11.5 Å². The van der Waals surface area contributed by atoms with Crippen LogP contribution in [0.15, 0.2) is 24.3 Å². The van der Waals surface area contributed by atoms with E-state index in [-0.39, 0.29) is 24.7 Å². The van der Waals surface area contributed by atoms with Gasteiger partial charge in [0.25, 0.3) is 0 Å². The molecule has 0 unspecified atom stereocenters. The quantitative estimate of drug-likeness (QED) is 0.134. The normalized spacial score (nSPS) is 20.5. The molecule has 4 saturated carbocycles. The first-order chi connectivity index (χ1) is 23.4. The fourth-order valence-corrected chi connectivity index (χ4v) is 9.56. The minimum absolute atomic E-state index is 0.165. The minimum Gasteiger partial charge on any atom is -0.507 e. The number of phenolic OH excluding ortho intramolecular Hbond substituents is 2. The van der Waals surface area contributed by atoms with Gasteiger partial charge in [0.05, 0.1) is 0 Å². The molecule has 48 heavy (non-hydrogen) atoms. The molecule has 2 aromatic carbocycles. The highest BCUT2D eigenvalue weighted by Crippen LogP contribution is 2.46. The van der Waals surface area contributed by atoms with Crippen molar-refractivity contribution in [2.24, 2.45) is 5.84 Å². The van der Waals surface area contributed by atoms with E-state index >= 15 is 0 Å². The largest absolute Gasteiger partial charge is 0.507 e. The lowest BCUT2D eigenvalue weighted by Crippen LogP contribution is -2.42. The number of aromatic hydroxyl groups is 2. The summed E-state index contributed by atoms with van der Waals surface area (Å²) >= 11 is 0. The molecule has 4 fully saturated rings. The molecule has 0 radical (unpaired) electrons. The van der Waals surface area contributed by atoms with Crippen molar-refractivity contribution in [1.82, 2.24) is 5.01 Å². The highest BCUT2D eigenvalue weighted by Gasteiger charge is 2.28. The molecular weight excluding hydrogens is 596 g/mol. The number of benzene rings is 2. The number of hydrogen-bond acceptors (Lipinski definition) is 5. The van der Waals surface area contributed by atoms with Gasteiger partial charge in [-0.3, -0.25) is 9.59 Å². The number of imide groups is 1. The number of amides is 2. The van der Waals surface area contributed by atoms with Gasteiger partial charge >= 0.3 is 0 Å². The number of hydrogen-bond donors (Lipinski definition) is 3. The van der Waals surface area contributed by atoms with Crippen molar-refractivity contribution in [1.29, 1.82) is 0 Å². The van der Waals surface area contributed by atoms with Crippen LogP contribution in [0.1, 0.15) is 198 Å². The van der Waals surface area contributed by atoms with Crippen LogP contribution in [0.4, 0.5) is 0 Å².